The minimum absolute atomic E-state index is 0. The summed E-state index contributed by atoms with van der Waals surface area (Å²) < 4.78 is 25.6. The van der Waals surface area contributed by atoms with Crippen LogP contribution in [0.15, 0.2) is 30.3 Å². The van der Waals surface area contributed by atoms with Crippen molar-refractivity contribution in [3.63, 3.8) is 0 Å². The van der Waals surface area contributed by atoms with Gasteiger partial charge in [-0.05, 0) is 24.9 Å². The summed E-state index contributed by atoms with van der Waals surface area (Å²) in [5.41, 5.74) is 6.32. The van der Waals surface area contributed by atoms with Crippen LogP contribution in [0.1, 0.15) is 12.0 Å². The standard InChI is InChI=1S/C11H18N2O2S.ClH/c12-8-4-9-13-16(14,15)10-7-11-5-2-1-3-6-11;/h1-3,5-6,13H,4,7-10,12H2;1H. The van der Waals surface area contributed by atoms with Crippen molar-refractivity contribution >= 4 is 22.4 Å². The number of sulfonamides is 1. The molecule has 6 heteroatoms. The second kappa shape index (κ2) is 8.47. The van der Waals surface area contributed by atoms with Gasteiger partial charge >= 0.3 is 0 Å². The molecule has 0 aliphatic carbocycles. The van der Waals surface area contributed by atoms with Crippen LogP contribution in [0.2, 0.25) is 0 Å². The third kappa shape index (κ3) is 7.33. The number of hydrogen-bond donors (Lipinski definition) is 2. The lowest BCUT2D eigenvalue weighted by Gasteiger charge is -2.05. The summed E-state index contributed by atoms with van der Waals surface area (Å²) in [6.07, 6.45) is 1.21. The predicted octanol–water partition coefficient (Wildman–Crippen LogP) is 0.919. The van der Waals surface area contributed by atoms with E-state index in [1.807, 2.05) is 30.3 Å². The molecule has 98 valence electrons. The molecular formula is C11H19ClN2O2S. The average Bonchev–Trinajstić information content (AvgIpc) is 2.28. The molecule has 0 amide bonds. The molecule has 0 aliphatic heterocycles. The molecule has 0 aliphatic rings. The maximum absolute atomic E-state index is 11.5. The number of nitrogens with one attached hydrogen (secondary N) is 1. The van der Waals surface area contributed by atoms with Gasteiger partial charge in [0.15, 0.2) is 0 Å². The minimum Gasteiger partial charge on any atom is -0.330 e. The molecule has 0 spiro atoms. The number of rotatable bonds is 7. The summed E-state index contributed by atoms with van der Waals surface area (Å²) in [4.78, 5) is 0. The first kappa shape index (κ1) is 16.4. The lowest BCUT2D eigenvalue weighted by molar-refractivity contribution is 0.579. The second-order valence-corrected chi connectivity index (χ2v) is 5.52. The summed E-state index contributed by atoms with van der Waals surface area (Å²) in [5, 5.41) is 0. The Labute approximate surface area is 109 Å². The van der Waals surface area contributed by atoms with Crippen molar-refractivity contribution in [2.45, 2.75) is 12.8 Å². The maximum Gasteiger partial charge on any atom is 0.211 e. The Morgan fingerprint density at radius 3 is 2.41 bits per heavy atom. The molecule has 17 heavy (non-hydrogen) atoms. The van der Waals surface area contributed by atoms with Crippen LogP contribution in [0.4, 0.5) is 0 Å². The highest BCUT2D eigenvalue weighted by Gasteiger charge is 2.08. The maximum atomic E-state index is 11.5. The third-order valence-corrected chi connectivity index (χ3v) is 3.59. The first-order chi connectivity index (χ1) is 7.64. The Kier molecular flexibility index (Phi) is 8.16. The zero-order chi connectivity index (χ0) is 11.9. The van der Waals surface area contributed by atoms with E-state index in [1.54, 1.807) is 0 Å². The molecule has 0 unspecified atom stereocenters. The van der Waals surface area contributed by atoms with E-state index in [0.29, 0.717) is 25.9 Å². The number of aryl methyl sites for hydroxylation is 1. The highest BCUT2D eigenvalue weighted by molar-refractivity contribution is 7.89. The molecular weight excluding hydrogens is 260 g/mol. The molecule has 0 saturated heterocycles. The molecule has 3 N–H and O–H groups in total. The largest absolute Gasteiger partial charge is 0.330 e. The average molecular weight is 279 g/mol. The van der Waals surface area contributed by atoms with Crippen LogP contribution in [0.5, 0.6) is 0 Å². The molecule has 1 aromatic carbocycles. The van der Waals surface area contributed by atoms with Crippen LogP contribution < -0.4 is 10.5 Å². The molecule has 0 saturated carbocycles. The monoisotopic (exact) mass is 278 g/mol. The van der Waals surface area contributed by atoms with Crippen molar-refractivity contribution in [2.75, 3.05) is 18.8 Å². The van der Waals surface area contributed by atoms with Gasteiger partial charge in [-0.3, -0.25) is 0 Å². The molecule has 0 bridgehead atoms. The Morgan fingerprint density at radius 2 is 1.82 bits per heavy atom. The van der Waals surface area contributed by atoms with Gasteiger partial charge in [-0.1, -0.05) is 30.3 Å². The van der Waals surface area contributed by atoms with Gasteiger partial charge in [0.2, 0.25) is 10.0 Å². The van der Waals surface area contributed by atoms with Gasteiger partial charge in [-0.15, -0.1) is 12.4 Å². The van der Waals surface area contributed by atoms with Crippen LogP contribution in [-0.2, 0) is 16.4 Å². The van der Waals surface area contributed by atoms with Gasteiger partial charge in [0.25, 0.3) is 0 Å². The van der Waals surface area contributed by atoms with E-state index in [4.69, 9.17) is 5.73 Å². The van der Waals surface area contributed by atoms with Crippen molar-refractivity contribution in [1.82, 2.24) is 4.72 Å². The lowest BCUT2D eigenvalue weighted by atomic mass is 10.2. The summed E-state index contributed by atoms with van der Waals surface area (Å²) in [6.45, 7) is 0.925. The molecule has 4 nitrogen and oxygen atoms in total. The smallest absolute Gasteiger partial charge is 0.211 e. The molecule has 1 aromatic rings. The van der Waals surface area contributed by atoms with E-state index in [9.17, 15) is 8.42 Å². The third-order valence-electron chi connectivity index (χ3n) is 2.21. The molecule has 0 aromatic heterocycles. The summed E-state index contributed by atoms with van der Waals surface area (Å²) in [6, 6.07) is 9.58. The van der Waals surface area contributed by atoms with Crippen LogP contribution in [0.25, 0.3) is 0 Å². The van der Waals surface area contributed by atoms with E-state index in [-0.39, 0.29) is 18.2 Å². The fraction of sp³-hybridized carbons (Fsp3) is 0.455. The fourth-order valence-corrected chi connectivity index (χ4v) is 2.40. The lowest BCUT2D eigenvalue weighted by Crippen LogP contribution is -2.29. The first-order valence-electron chi connectivity index (χ1n) is 5.35. The van der Waals surface area contributed by atoms with E-state index < -0.39 is 10.0 Å². The van der Waals surface area contributed by atoms with Crippen molar-refractivity contribution in [3.8, 4) is 0 Å². The summed E-state index contributed by atoms with van der Waals surface area (Å²) in [5.74, 6) is 0.127. The first-order valence-corrected chi connectivity index (χ1v) is 7.00. The Hall–Kier alpha value is -0.620. The van der Waals surface area contributed by atoms with E-state index in [1.165, 1.54) is 0 Å². The van der Waals surface area contributed by atoms with Crippen LogP contribution in [-0.4, -0.2) is 27.3 Å². The van der Waals surface area contributed by atoms with E-state index in [2.05, 4.69) is 4.72 Å². The van der Waals surface area contributed by atoms with Crippen LogP contribution >= 0.6 is 12.4 Å². The zero-order valence-electron chi connectivity index (χ0n) is 9.63. The van der Waals surface area contributed by atoms with Gasteiger partial charge in [0.05, 0.1) is 5.75 Å². The Balaban J connectivity index is 0.00000256. The van der Waals surface area contributed by atoms with Crippen molar-refractivity contribution in [1.29, 1.82) is 0 Å². The van der Waals surface area contributed by atoms with E-state index in [0.717, 1.165) is 5.56 Å². The summed E-state index contributed by atoms with van der Waals surface area (Å²) in [7, 11) is -3.16. The quantitative estimate of drug-likeness (QED) is 0.729. The van der Waals surface area contributed by atoms with Crippen LogP contribution in [0, 0.1) is 0 Å². The van der Waals surface area contributed by atoms with Gasteiger partial charge in [0, 0.05) is 6.54 Å². The molecule has 0 atom stereocenters. The molecule has 0 fully saturated rings. The van der Waals surface area contributed by atoms with E-state index >= 15 is 0 Å². The number of nitrogens with two attached hydrogens (primary N) is 1. The number of halogens is 1. The van der Waals surface area contributed by atoms with Crippen LogP contribution in [0.3, 0.4) is 0 Å². The number of hydrogen-bond acceptors (Lipinski definition) is 3. The predicted molar refractivity (Wildman–Crippen MR) is 72.9 cm³/mol. The summed E-state index contributed by atoms with van der Waals surface area (Å²) >= 11 is 0. The highest BCUT2D eigenvalue weighted by atomic mass is 35.5. The van der Waals surface area contributed by atoms with Crippen molar-refractivity contribution < 1.29 is 8.42 Å². The van der Waals surface area contributed by atoms with Gasteiger partial charge < -0.3 is 5.73 Å². The molecule has 0 heterocycles. The molecule has 0 radical (unpaired) electrons. The minimum atomic E-state index is -3.16. The normalized spacial score (nSPS) is 10.9. The second-order valence-electron chi connectivity index (χ2n) is 3.59. The van der Waals surface area contributed by atoms with Gasteiger partial charge in [-0.25, -0.2) is 13.1 Å². The molecule has 1 rings (SSSR count). The Bertz CT molecular complexity index is 395. The van der Waals surface area contributed by atoms with Crippen molar-refractivity contribution in [3.05, 3.63) is 35.9 Å². The SMILES string of the molecule is Cl.NCCCNS(=O)(=O)CCc1ccccc1. The number of benzene rings is 1. The highest BCUT2D eigenvalue weighted by Crippen LogP contribution is 2.01. The van der Waals surface area contributed by atoms with Gasteiger partial charge in [-0.2, -0.15) is 0 Å². The van der Waals surface area contributed by atoms with Crippen molar-refractivity contribution in [2.24, 2.45) is 5.73 Å². The zero-order valence-corrected chi connectivity index (χ0v) is 11.3. The Morgan fingerprint density at radius 1 is 1.18 bits per heavy atom. The van der Waals surface area contributed by atoms with Gasteiger partial charge in [0.1, 0.15) is 0 Å². The fourth-order valence-electron chi connectivity index (χ4n) is 1.30. The topological polar surface area (TPSA) is 72.2 Å².